The number of furan rings is 1. The Balaban J connectivity index is 1.31. The first kappa shape index (κ1) is 23.1. The molecule has 172 valence electrons. The van der Waals surface area contributed by atoms with Crippen LogP contribution in [0.1, 0.15) is 30.9 Å². The molecule has 2 aromatic heterocycles. The van der Waals surface area contributed by atoms with E-state index < -0.39 is 6.10 Å². The number of aliphatic hydroxyl groups is 2. The van der Waals surface area contributed by atoms with Crippen LogP contribution in [0, 0.1) is 11.8 Å². The minimum Gasteiger partial charge on any atom is -0.497 e. The zero-order valence-electron chi connectivity index (χ0n) is 18.5. The summed E-state index contributed by atoms with van der Waals surface area (Å²) in [7, 11) is 1.64. The van der Waals surface area contributed by atoms with Gasteiger partial charge < -0.3 is 24.3 Å². The lowest BCUT2D eigenvalue weighted by Gasteiger charge is -2.38. The lowest BCUT2D eigenvalue weighted by atomic mass is 9.81. The molecule has 7 heteroatoms. The standard InChI is InChI=1S/C25H32N2O4S/c1-30-20-3-4-24-23(14-20)22(6-9-26-24)25(29)5-2-18-7-10-27(15-19(18)16-28)11-13-32-21-8-12-31-17-21/h3-4,6,8-9,12,14,17-19,25,28-29H,2,5,7,10-11,13,15-16H2,1H3/t18-,19-,25-/m1/s1. The van der Waals surface area contributed by atoms with Gasteiger partial charge in [-0.1, -0.05) is 0 Å². The third-order valence-corrected chi connectivity index (χ3v) is 7.49. The number of hydrogen-bond acceptors (Lipinski definition) is 7. The number of pyridine rings is 1. The Morgan fingerprint density at radius 2 is 2.19 bits per heavy atom. The second kappa shape index (κ2) is 11.2. The van der Waals surface area contributed by atoms with E-state index in [0.29, 0.717) is 12.3 Å². The zero-order chi connectivity index (χ0) is 22.3. The first-order valence-corrected chi connectivity index (χ1v) is 12.3. The molecule has 1 fully saturated rings. The highest BCUT2D eigenvalue weighted by molar-refractivity contribution is 7.99. The van der Waals surface area contributed by atoms with Gasteiger partial charge in [-0.15, -0.1) is 11.8 Å². The van der Waals surface area contributed by atoms with E-state index in [1.807, 2.05) is 30.3 Å². The summed E-state index contributed by atoms with van der Waals surface area (Å²) in [4.78, 5) is 8.02. The van der Waals surface area contributed by atoms with E-state index in [9.17, 15) is 10.2 Å². The van der Waals surface area contributed by atoms with Crippen LogP contribution < -0.4 is 4.74 Å². The van der Waals surface area contributed by atoms with Gasteiger partial charge in [0.1, 0.15) is 12.0 Å². The van der Waals surface area contributed by atoms with E-state index in [1.54, 1.807) is 37.6 Å². The van der Waals surface area contributed by atoms with Crippen molar-refractivity contribution < 1.29 is 19.4 Å². The van der Waals surface area contributed by atoms with Gasteiger partial charge in [-0.2, -0.15) is 0 Å². The number of ether oxygens (including phenoxy) is 1. The molecule has 0 unspecified atom stereocenters. The minimum atomic E-state index is -0.559. The third kappa shape index (κ3) is 5.64. The van der Waals surface area contributed by atoms with Crippen molar-refractivity contribution in [2.45, 2.75) is 30.3 Å². The fourth-order valence-electron chi connectivity index (χ4n) is 4.66. The molecule has 1 aromatic carbocycles. The van der Waals surface area contributed by atoms with Crippen LogP contribution in [0.4, 0.5) is 0 Å². The van der Waals surface area contributed by atoms with Crippen molar-refractivity contribution in [3.8, 4) is 5.75 Å². The third-order valence-electron chi connectivity index (χ3n) is 6.53. The van der Waals surface area contributed by atoms with Crippen molar-refractivity contribution in [3.05, 3.63) is 54.6 Å². The number of nitrogens with zero attached hydrogens (tertiary/aromatic N) is 2. The van der Waals surface area contributed by atoms with Gasteiger partial charge in [0.25, 0.3) is 0 Å². The second-order valence-electron chi connectivity index (χ2n) is 8.48. The molecule has 3 aromatic rings. The van der Waals surface area contributed by atoms with Gasteiger partial charge in [0, 0.05) is 41.9 Å². The molecule has 1 aliphatic rings. The molecule has 0 radical (unpaired) electrons. The van der Waals surface area contributed by atoms with Gasteiger partial charge in [-0.05, 0) is 73.5 Å². The quantitative estimate of drug-likeness (QED) is 0.439. The average Bonchev–Trinajstić information content (AvgIpc) is 3.35. The van der Waals surface area contributed by atoms with Gasteiger partial charge in [0.15, 0.2) is 0 Å². The van der Waals surface area contributed by atoms with Gasteiger partial charge >= 0.3 is 0 Å². The lowest BCUT2D eigenvalue weighted by molar-refractivity contribution is 0.0608. The fourth-order valence-corrected chi connectivity index (χ4v) is 5.52. The summed E-state index contributed by atoms with van der Waals surface area (Å²) >= 11 is 1.80. The number of fused-ring (bicyclic) bond motifs is 1. The van der Waals surface area contributed by atoms with Crippen LogP contribution in [0.15, 0.2) is 58.4 Å². The van der Waals surface area contributed by atoms with Gasteiger partial charge in [-0.25, -0.2) is 0 Å². The molecule has 0 amide bonds. The number of thioether (sulfide) groups is 1. The molecule has 0 saturated carbocycles. The highest BCUT2D eigenvalue weighted by Gasteiger charge is 2.29. The van der Waals surface area contributed by atoms with Crippen molar-refractivity contribution in [3.63, 3.8) is 0 Å². The summed E-state index contributed by atoms with van der Waals surface area (Å²) < 4.78 is 10.5. The molecule has 32 heavy (non-hydrogen) atoms. The molecule has 4 rings (SSSR count). The molecule has 2 N–H and O–H groups in total. The minimum absolute atomic E-state index is 0.196. The van der Waals surface area contributed by atoms with Crippen molar-refractivity contribution in [2.75, 3.05) is 39.1 Å². The molecule has 0 aliphatic carbocycles. The first-order chi connectivity index (χ1) is 15.7. The Bertz CT molecular complexity index is 981. The van der Waals surface area contributed by atoms with Crippen LogP contribution in [0.25, 0.3) is 10.9 Å². The van der Waals surface area contributed by atoms with E-state index in [0.717, 1.165) is 65.3 Å². The highest BCUT2D eigenvalue weighted by Crippen LogP contribution is 2.33. The molecular formula is C25H32N2O4S. The Kier molecular flexibility index (Phi) is 8.08. The predicted octanol–water partition coefficient (Wildman–Crippen LogP) is 4.37. The molecule has 3 atom stereocenters. The van der Waals surface area contributed by atoms with Gasteiger partial charge in [0.05, 0.1) is 25.0 Å². The van der Waals surface area contributed by atoms with E-state index in [4.69, 9.17) is 9.15 Å². The normalized spacial score (nSPS) is 20.5. The summed E-state index contributed by atoms with van der Waals surface area (Å²) in [5.74, 6) is 2.46. The average molecular weight is 457 g/mol. The summed E-state index contributed by atoms with van der Waals surface area (Å²) in [6.45, 7) is 3.16. The summed E-state index contributed by atoms with van der Waals surface area (Å²) in [6, 6.07) is 9.64. The maximum absolute atomic E-state index is 11.0. The van der Waals surface area contributed by atoms with Crippen LogP contribution in [0.5, 0.6) is 5.75 Å². The number of benzene rings is 1. The molecule has 1 saturated heterocycles. The van der Waals surface area contributed by atoms with Gasteiger partial charge in [-0.3, -0.25) is 4.98 Å². The second-order valence-corrected chi connectivity index (χ2v) is 9.64. The Morgan fingerprint density at radius 1 is 1.28 bits per heavy atom. The molecule has 0 bridgehead atoms. The Hall–Kier alpha value is -2.06. The van der Waals surface area contributed by atoms with E-state index in [-0.39, 0.29) is 12.5 Å². The van der Waals surface area contributed by atoms with Gasteiger partial charge in [0.2, 0.25) is 0 Å². The molecule has 3 heterocycles. The summed E-state index contributed by atoms with van der Waals surface area (Å²) in [5.41, 5.74) is 1.75. The largest absolute Gasteiger partial charge is 0.497 e. The van der Waals surface area contributed by atoms with Crippen molar-refractivity contribution in [2.24, 2.45) is 11.8 Å². The van der Waals surface area contributed by atoms with Crippen LogP contribution in [0.3, 0.4) is 0 Å². The van der Waals surface area contributed by atoms with Crippen LogP contribution >= 0.6 is 11.8 Å². The smallest absolute Gasteiger partial charge is 0.119 e. The van der Waals surface area contributed by atoms with E-state index >= 15 is 0 Å². The lowest BCUT2D eigenvalue weighted by Crippen LogP contribution is -2.43. The van der Waals surface area contributed by atoms with E-state index in [1.165, 1.54) is 0 Å². The van der Waals surface area contributed by atoms with Crippen LogP contribution in [0.2, 0.25) is 0 Å². The summed E-state index contributed by atoms with van der Waals surface area (Å²) in [6.07, 6.45) is 7.31. The van der Waals surface area contributed by atoms with Crippen LogP contribution in [-0.2, 0) is 0 Å². The SMILES string of the molecule is COc1ccc2nccc([C@H](O)CC[C@@H]3CCN(CCSc4ccoc4)C[C@@H]3CO)c2c1. The zero-order valence-corrected chi connectivity index (χ0v) is 19.3. The molecule has 1 aliphatic heterocycles. The summed E-state index contributed by atoms with van der Waals surface area (Å²) in [5, 5.41) is 21.9. The number of piperidine rings is 1. The number of likely N-dealkylation sites (tertiary alicyclic amines) is 1. The topological polar surface area (TPSA) is 79.0 Å². The first-order valence-electron chi connectivity index (χ1n) is 11.3. The Labute approximate surface area is 193 Å². The molecule has 6 nitrogen and oxygen atoms in total. The van der Waals surface area contributed by atoms with Crippen LogP contribution in [-0.4, -0.2) is 59.2 Å². The fraction of sp³-hybridized carbons (Fsp3) is 0.480. The van der Waals surface area contributed by atoms with Crippen molar-refractivity contribution in [1.29, 1.82) is 0 Å². The number of rotatable bonds is 10. The number of aliphatic hydroxyl groups excluding tert-OH is 2. The van der Waals surface area contributed by atoms with Crippen molar-refractivity contribution >= 4 is 22.7 Å². The Morgan fingerprint density at radius 3 is 2.97 bits per heavy atom. The maximum Gasteiger partial charge on any atom is 0.119 e. The van der Waals surface area contributed by atoms with Crippen molar-refractivity contribution in [1.82, 2.24) is 9.88 Å². The number of hydrogen-bond donors (Lipinski definition) is 2. The monoisotopic (exact) mass is 456 g/mol. The highest BCUT2D eigenvalue weighted by atomic mass is 32.2. The number of aromatic nitrogens is 1. The number of methoxy groups -OCH3 is 1. The predicted molar refractivity (Wildman–Crippen MR) is 127 cm³/mol. The maximum atomic E-state index is 11.0. The molecule has 0 spiro atoms. The molecular weight excluding hydrogens is 424 g/mol. The van der Waals surface area contributed by atoms with E-state index in [2.05, 4.69) is 9.88 Å².